The second-order valence-electron chi connectivity index (χ2n) is 10.5. The van der Waals surface area contributed by atoms with Crippen molar-refractivity contribution >= 4 is 47.0 Å². The minimum atomic E-state index is 0.339. The second-order valence-corrected chi connectivity index (χ2v) is 16.7. The lowest BCUT2D eigenvalue weighted by atomic mass is 10.3. The zero-order chi connectivity index (χ0) is 27.4. The molecule has 6 nitrogen and oxygen atoms in total. The van der Waals surface area contributed by atoms with Crippen LogP contribution in [-0.2, 0) is 23.0 Å². The van der Waals surface area contributed by atoms with Crippen LogP contribution < -0.4 is 0 Å². The van der Waals surface area contributed by atoms with Crippen molar-refractivity contribution in [1.82, 2.24) is 30.0 Å². The summed E-state index contributed by atoms with van der Waals surface area (Å²) >= 11 is 7.76. The Morgan fingerprint density at radius 3 is 1.28 bits per heavy atom. The Morgan fingerprint density at radius 2 is 0.917 bits per heavy atom. The van der Waals surface area contributed by atoms with E-state index in [9.17, 15) is 0 Å². The molecule has 0 atom stereocenters. The monoisotopic (exact) mass is 574 g/mol. The Bertz CT molecular complexity index is 815. The molecule has 0 saturated carbocycles. The SMILES string of the molecule is CC(C)SCc1nn(C(C)C)nc1CSC(C)C.CC(C)SCc1nnn(C(C)C)c1CSC(C)C. The van der Waals surface area contributed by atoms with E-state index in [1.165, 1.54) is 5.69 Å². The molecular weight excluding hydrogens is 525 g/mol. The lowest BCUT2D eigenvalue weighted by Crippen LogP contribution is -2.08. The van der Waals surface area contributed by atoms with Gasteiger partial charge in [-0.15, -0.1) is 5.10 Å². The number of hydrogen-bond acceptors (Lipinski definition) is 8. The van der Waals surface area contributed by atoms with Gasteiger partial charge in [0.15, 0.2) is 0 Å². The van der Waals surface area contributed by atoms with E-state index in [0.29, 0.717) is 33.1 Å². The minimum absolute atomic E-state index is 0.339. The quantitative estimate of drug-likeness (QED) is 0.223. The van der Waals surface area contributed by atoms with E-state index in [0.717, 1.165) is 40.1 Å². The lowest BCUT2D eigenvalue weighted by Gasteiger charge is -2.12. The molecule has 0 unspecified atom stereocenters. The molecule has 0 aliphatic carbocycles. The van der Waals surface area contributed by atoms with Gasteiger partial charge in [-0.1, -0.05) is 60.6 Å². The average Bonchev–Trinajstić information content (AvgIpc) is 3.37. The van der Waals surface area contributed by atoms with E-state index in [1.54, 1.807) is 0 Å². The molecule has 10 heteroatoms. The van der Waals surface area contributed by atoms with Crippen LogP contribution in [0, 0.1) is 0 Å². The van der Waals surface area contributed by atoms with E-state index in [-0.39, 0.29) is 0 Å². The van der Waals surface area contributed by atoms with Crippen LogP contribution in [-0.4, -0.2) is 51.0 Å². The molecule has 2 heterocycles. The Labute approximate surface area is 238 Å². The zero-order valence-corrected chi connectivity index (χ0v) is 27.9. The predicted molar refractivity (Wildman–Crippen MR) is 167 cm³/mol. The summed E-state index contributed by atoms with van der Waals surface area (Å²) in [6, 6.07) is 0.726. The van der Waals surface area contributed by atoms with Crippen molar-refractivity contribution in [2.75, 3.05) is 0 Å². The molecule has 0 aliphatic heterocycles. The molecule has 0 amide bonds. The van der Waals surface area contributed by atoms with Gasteiger partial charge in [0.05, 0.1) is 28.8 Å². The molecule has 2 aromatic rings. The maximum Gasteiger partial charge on any atom is 0.0966 e. The molecule has 0 N–H and O–H groups in total. The Balaban J connectivity index is 0.000000360. The van der Waals surface area contributed by atoms with E-state index < -0.39 is 0 Å². The van der Waals surface area contributed by atoms with Crippen molar-refractivity contribution in [2.45, 2.75) is 139 Å². The summed E-state index contributed by atoms with van der Waals surface area (Å²) in [6.45, 7) is 26.4. The van der Waals surface area contributed by atoms with Gasteiger partial charge in [0.2, 0.25) is 0 Å². The average molecular weight is 575 g/mol. The minimum Gasteiger partial charge on any atom is -0.246 e. The lowest BCUT2D eigenvalue weighted by molar-refractivity contribution is 0.462. The largest absolute Gasteiger partial charge is 0.246 e. The molecule has 36 heavy (non-hydrogen) atoms. The van der Waals surface area contributed by atoms with E-state index >= 15 is 0 Å². The molecule has 0 saturated heterocycles. The van der Waals surface area contributed by atoms with Crippen molar-refractivity contribution in [2.24, 2.45) is 0 Å². The van der Waals surface area contributed by atoms with Crippen molar-refractivity contribution in [1.29, 1.82) is 0 Å². The van der Waals surface area contributed by atoms with Crippen molar-refractivity contribution in [3.8, 4) is 0 Å². The fourth-order valence-electron chi connectivity index (χ4n) is 2.85. The number of nitrogens with zero attached hydrogens (tertiary/aromatic N) is 6. The summed E-state index contributed by atoms with van der Waals surface area (Å²) in [5, 5.41) is 20.5. The highest BCUT2D eigenvalue weighted by atomic mass is 32.2. The molecule has 2 rings (SSSR count). The first-order valence-corrected chi connectivity index (χ1v) is 17.3. The summed E-state index contributed by atoms with van der Waals surface area (Å²) < 4.78 is 2.08. The maximum absolute atomic E-state index is 4.63. The van der Waals surface area contributed by atoms with Crippen LogP contribution in [0.3, 0.4) is 0 Å². The van der Waals surface area contributed by atoms with Crippen LogP contribution in [0.5, 0.6) is 0 Å². The van der Waals surface area contributed by atoms with Crippen molar-refractivity contribution in [3.05, 3.63) is 22.8 Å². The zero-order valence-electron chi connectivity index (χ0n) is 24.6. The molecule has 0 spiro atoms. The molecule has 0 aromatic carbocycles. The number of thioether (sulfide) groups is 4. The van der Waals surface area contributed by atoms with E-state index in [1.807, 2.05) is 51.8 Å². The Morgan fingerprint density at radius 1 is 0.528 bits per heavy atom. The summed E-state index contributed by atoms with van der Waals surface area (Å²) in [7, 11) is 0. The highest BCUT2D eigenvalue weighted by Gasteiger charge is 2.16. The smallest absolute Gasteiger partial charge is 0.0966 e. The Hall–Kier alpha value is -0.320. The van der Waals surface area contributed by atoms with Gasteiger partial charge in [0.25, 0.3) is 0 Å². The fourth-order valence-corrected chi connectivity index (χ4v) is 5.78. The molecule has 208 valence electrons. The normalized spacial score (nSPS) is 12.1. The first kappa shape index (κ1) is 33.7. The van der Waals surface area contributed by atoms with Gasteiger partial charge < -0.3 is 0 Å². The highest BCUT2D eigenvalue weighted by molar-refractivity contribution is 7.99. The van der Waals surface area contributed by atoms with Gasteiger partial charge >= 0.3 is 0 Å². The summed E-state index contributed by atoms with van der Waals surface area (Å²) in [4.78, 5) is 1.85. The van der Waals surface area contributed by atoms with Gasteiger partial charge in [-0.2, -0.15) is 62.0 Å². The standard InChI is InChI=1S/2C13H25N3S2/c1-9(2)16-13(8-18-11(5)6)12(14-15-16)7-17-10(3)4;1-9(2)16-14-12(7-17-10(3)4)13(15-16)8-18-11(5)6/h2*9-11H,7-8H2,1-6H3. The second kappa shape index (κ2) is 17.3. The Kier molecular flexibility index (Phi) is 16.2. The van der Waals surface area contributed by atoms with E-state index in [4.69, 9.17) is 0 Å². The third-order valence-corrected chi connectivity index (χ3v) is 9.24. The number of aromatic nitrogens is 6. The first-order valence-electron chi connectivity index (χ1n) is 13.2. The van der Waals surface area contributed by atoms with Crippen LogP contribution in [0.25, 0.3) is 0 Å². The number of hydrogen-bond donors (Lipinski definition) is 0. The van der Waals surface area contributed by atoms with E-state index in [2.05, 4.69) is 108 Å². The molecule has 2 aromatic heterocycles. The fraction of sp³-hybridized carbons (Fsp3) is 0.846. The van der Waals surface area contributed by atoms with Crippen molar-refractivity contribution in [3.63, 3.8) is 0 Å². The maximum atomic E-state index is 4.63. The highest BCUT2D eigenvalue weighted by Crippen LogP contribution is 2.26. The summed E-state index contributed by atoms with van der Waals surface area (Å²) in [5.74, 6) is 3.92. The summed E-state index contributed by atoms with van der Waals surface area (Å²) in [6.07, 6.45) is 0. The topological polar surface area (TPSA) is 61.4 Å². The third-order valence-electron chi connectivity index (χ3n) is 4.82. The molecular formula is C26H50N6S4. The van der Waals surface area contributed by atoms with Crippen LogP contribution in [0.15, 0.2) is 0 Å². The number of rotatable bonds is 14. The van der Waals surface area contributed by atoms with Crippen molar-refractivity contribution < 1.29 is 0 Å². The molecule has 0 bridgehead atoms. The van der Waals surface area contributed by atoms with Crippen LogP contribution in [0.4, 0.5) is 0 Å². The molecule has 0 aliphatic rings. The van der Waals surface area contributed by atoms with Crippen LogP contribution in [0.2, 0.25) is 0 Å². The van der Waals surface area contributed by atoms with Crippen LogP contribution in [0.1, 0.15) is 118 Å². The van der Waals surface area contributed by atoms with Gasteiger partial charge in [-0.3, -0.25) is 0 Å². The van der Waals surface area contributed by atoms with Gasteiger partial charge in [-0.25, -0.2) is 4.68 Å². The third kappa shape index (κ3) is 13.0. The first-order chi connectivity index (χ1) is 16.8. The van der Waals surface area contributed by atoms with Gasteiger partial charge in [-0.05, 0) is 48.7 Å². The molecule has 0 radical (unpaired) electrons. The van der Waals surface area contributed by atoms with Gasteiger partial charge in [0.1, 0.15) is 0 Å². The van der Waals surface area contributed by atoms with Gasteiger partial charge in [0, 0.05) is 29.1 Å². The van der Waals surface area contributed by atoms with Crippen LogP contribution >= 0.6 is 47.0 Å². The molecule has 0 fully saturated rings. The summed E-state index contributed by atoms with van der Waals surface area (Å²) in [5.41, 5.74) is 4.79. The predicted octanol–water partition coefficient (Wildman–Crippen LogP) is 8.28.